The van der Waals surface area contributed by atoms with Crippen LogP contribution in [0.25, 0.3) is 0 Å². The third-order valence-corrected chi connectivity index (χ3v) is 3.63. The van der Waals surface area contributed by atoms with Crippen LogP contribution >= 0.6 is 11.8 Å². The molecule has 100 valence electrons. The Labute approximate surface area is 117 Å². The summed E-state index contributed by atoms with van der Waals surface area (Å²) in [6.45, 7) is 3.89. The van der Waals surface area contributed by atoms with E-state index in [4.69, 9.17) is 10.5 Å². The number of aryl methyl sites for hydroxylation is 1. The first-order valence-electron chi connectivity index (χ1n) is 6.02. The summed E-state index contributed by atoms with van der Waals surface area (Å²) < 4.78 is 5.37. The minimum Gasteiger partial charge on any atom is -0.496 e. The molecule has 1 atom stereocenters. The Morgan fingerprint density at radius 1 is 1.32 bits per heavy atom. The lowest BCUT2D eigenvalue weighted by Crippen LogP contribution is -2.08. The monoisotopic (exact) mass is 275 g/mol. The van der Waals surface area contributed by atoms with E-state index in [-0.39, 0.29) is 6.04 Å². The number of ether oxygens (including phenoxy) is 1. The van der Waals surface area contributed by atoms with E-state index in [2.05, 4.69) is 9.97 Å². The molecule has 5 heteroatoms. The molecule has 0 radical (unpaired) electrons. The summed E-state index contributed by atoms with van der Waals surface area (Å²) in [6.07, 6.45) is 1.76. The highest BCUT2D eigenvalue weighted by atomic mass is 32.2. The Kier molecular flexibility index (Phi) is 4.39. The lowest BCUT2D eigenvalue weighted by atomic mass is 10.1. The second kappa shape index (κ2) is 6.04. The molecule has 2 rings (SSSR count). The highest BCUT2D eigenvalue weighted by Gasteiger charge is 2.14. The molecule has 0 bridgehead atoms. The highest BCUT2D eigenvalue weighted by Crippen LogP contribution is 2.36. The van der Waals surface area contributed by atoms with Crippen molar-refractivity contribution in [3.8, 4) is 5.75 Å². The zero-order valence-electron chi connectivity index (χ0n) is 11.3. The van der Waals surface area contributed by atoms with Gasteiger partial charge < -0.3 is 10.5 Å². The van der Waals surface area contributed by atoms with Crippen LogP contribution in [-0.2, 0) is 0 Å². The van der Waals surface area contributed by atoms with E-state index in [9.17, 15) is 0 Å². The Morgan fingerprint density at radius 2 is 2.11 bits per heavy atom. The number of methoxy groups -OCH3 is 1. The molecule has 4 nitrogen and oxygen atoms in total. The number of hydrogen-bond acceptors (Lipinski definition) is 5. The molecule has 2 N–H and O–H groups in total. The zero-order chi connectivity index (χ0) is 13.8. The second-order valence-electron chi connectivity index (χ2n) is 4.24. The first kappa shape index (κ1) is 13.8. The van der Waals surface area contributed by atoms with E-state index in [0.717, 1.165) is 27.1 Å². The molecular weight excluding hydrogens is 258 g/mol. The van der Waals surface area contributed by atoms with Gasteiger partial charge in [-0.05, 0) is 43.8 Å². The fourth-order valence-corrected chi connectivity index (χ4v) is 2.86. The van der Waals surface area contributed by atoms with Crippen LogP contribution < -0.4 is 10.5 Å². The third-order valence-electron chi connectivity index (χ3n) is 2.68. The SMILES string of the molecule is COc1cccc(Sc2nccc(C)n2)c1[C@H](C)N. The maximum absolute atomic E-state index is 6.04. The van der Waals surface area contributed by atoms with Gasteiger partial charge in [-0.15, -0.1) is 0 Å². The van der Waals surface area contributed by atoms with Gasteiger partial charge in [0.2, 0.25) is 0 Å². The van der Waals surface area contributed by atoms with Crippen molar-refractivity contribution in [3.63, 3.8) is 0 Å². The van der Waals surface area contributed by atoms with E-state index in [1.54, 1.807) is 13.3 Å². The summed E-state index contributed by atoms with van der Waals surface area (Å²) in [5.74, 6) is 0.799. The standard InChI is InChI=1S/C14H17N3OS/c1-9-7-8-16-14(17-9)19-12-6-4-5-11(18-3)13(12)10(2)15/h4-8,10H,15H2,1-3H3/t10-/m0/s1. The summed E-state index contributed by atoms with van der Waals surface area (Å²) in [7, 11) is 1.65. The summed E-state index contributed by atoms with van der Waals surface area (Å²) in [5.41, 5.74) is 7.97. The van der Waals surface area contributed by atoms with Gasteiger partial charge >= 0.3 is 0 Å². The van der Waals surface area contributed by atoms with Gasteiger partial charge in [-0.2, -0.15) is 0 Å². The molecule has 1 heterocycles. The summed E-state index contributed by atoms with van der Waals surface area (Å²) in [6, 6.07) is 7.64. The van der Waals surface area contributed by atoms with Crippen LogP contribution in [0, 0.1) is 6.92 Å². The van der Waals surface area contributed by atoms with Crippen LogP contribution in [0.4, 0.5) is 0 Å². The number of benzene rings is 1. The molecule has 0 saturated heterocycles. The predicted octanol–water partition coefficient (Wildman–Crippen LogP) is 2.96. The van der Waals surface area contributed by atoms with Crippen molar-refractivity contribution >= 4 is 11.8 Å². The minimum atomic E-state index is -0.108. The highest BCUT2D eigenvalue weighted by molar-refractivity contribution is 7.99. The van der Waals surface area contributed by atoms with E-state index >= 15 is 0 Å². The number of nitrogens with two attached hydrogens (primary N) is 1. The number of hydrogen-bond donors (Lipinski definition) is 1. The molecule has 19 heavy (non-hydrogen) atoms. The van der Waals surface area contributed by atoms with Crippen LogP contribution in [0.1, 0.15) is 24.2 Å². The molecule has 1 aromatic carbocycles. The van der Waals surface area contributed by atoms with Crippen molar-refractivity contribution in [2.24, 2.45) is 5.73 Å². The van der Waals surface area contributed by atoms with Gasteiger partial charge in [0.25, 0.3) is 0 Å². The Morgan fingerprint density at radius 3 is 2.74 bits per heavy atom. The quantitative estimate of drug-likeness (QED) is 0.869. The Balaban J connectivity index is 2.39. The van der Waals surface area contributed by atoms with Crippen LogP contribution in [-0.4, -0.2) is 17.1 Å². The molecule has 0 saturated carbocycles. The molecule has 2 aromatic rings. The number of rotatable bonds is 4. The molecule has 0 fully saturated rings. The fourth-order valence-electron chi connectivity index (χ4n) is 1.81. The smallest absolute Gasteiger partial charge is 0.192 e. The molecule has 0 amide bonds. The van der Waals surface area contributed by atoms with Gasteiger partial charge in [0.05, 0.1) is 7.11 Å². The maximum atomic E-state index is 6.04. The van der Waals surface area contributed by atoms with E-state index < -0.39 is 0 Å². The van der Waals surface area contributed by atoms with Crippen molar-refractivity contribution in [1.82, 2.24) is 9.97 Å². The summed E-state index contributed by atoms with van der Waals surface area (Å²) >= 11 is 1.50. The topological polar surface area (TPSA) is 61.0 Å². The van der Waals surface area contributed by atoms with E-state index in [1.807, 2.05) is 38.1 Å². The molecular formula is C14H17N3OS. The average molecular weight is 275 g/mol. The fraction of sp³-hybridized carbons (Fsp3) is 0.286. The van der Waals surface area contributed by atoms with Crippen molar-refractivity contribution in [3.05, 3.63) is 41.7 Å². The van der Waals surface area contributed by atoms with Crippen molar-refractivity contribution in [2.45, 2.75) is 29.9 Å². The summed E-state index contributed by atoms with van der Waals surface area (Å²) in [5, 5.41) is 0.718. The largest absolute Gasteiger partial charge is 0.496 e. The van der Waals surface area contributed by atoms with Gasteiger partial charge in [0, 0.05) is 28.4 Å². The molecule has 1 aromatic heterocycles. The first-order valence-corrected chi connectivity index (χ1v) is 6.83. The van der Waals surface area contributed by atoms with Crippen LogP contribution in [0.5, 0.6) is 5.75 Å². The summed E-state index contributed by atoms with van der Waals surface area (Å²) in [4.78, 5) is 9.68. The second-order valence-corrected chi connectivity index (χ2v) is 5.25. The molecule has 0 aliphatic heterocycles. The van der Waals surface area contributed by atoms with E-state index in [1.165, 1.54) is 11.8 Å². The first-order chi connectivity index (χ1) is 9.11. The van der Waals surface area contributed by atoms with Gasteiger partial charge in [0.15, 0.2) is 5.16 Å². The van der Waals surface area contributed by atoms with Gasteiger partial charge in [-0.1, -0.05) is 6.07 Å². The van der Waals surface area contributed by atoms with Gasteiger partial charge in [-0.3, -0.25) is 0 Å². The van der Waals surface area contributed by atoms with Crippen molar-refractivity contribution in [1.29, 1.82) is 0 Å². The predicted molar refractivity (Wildman–Crippen MR) is 76.5 cm³/mol. The van der Waals surface area contributed by atoms with Crippen molar-refractivity contribution in [2.75, 3.05) is 7.11 Å². The Bertz CT molecular complexity index is 572. The van der Waals surface area contributed by atoms with Crippen molar-refractivity contribution < 1.29 is 4.74 Å². The molecule has 0 aliphatic rings. The maximum Gasteiger partial charge on any atom is 0.192 e. The van der Waals surface area contributed by atoms with Gasteiger partial charge in [0.1, 0.15) is 5.75 Å². The lowest BCUT2D eigenvalue weighted by Gasteiger charge is -2.15. The Hall–Kier alpha value is -1.59. The molecule has 0 spiro atoms. The lowest BCUT2D eigenvalue weighted by molar-refractivity contribution is 0.405. The zero-order valence-corrected chi connectivity index (χ0v) is 12.1. The van der Waals surface area contributed by atoms with Crippen LogP contribution in [0.2, 0.25) is 0 Å². The number of aromatic nitrogens is 2. The van der Waals surface area contributed by atoms with E-state index in [0.29, 0.717) is 0 Å². The minimum absolute atomic E-state index is 0.108. The normalized spacial score (nSPS) is 12.2. The molecule has 0 unspecified atom stereocenters. The van der Waals surface area contributed by atoms with Gasteiger partial charge in [-0.25, -0.2) is 9.97 Å². The molecule has 0 aliphatic carbocycles. The van der Waals surface area contributed by atoms with Crippen LogP contribution in [0.15, 0.2) is 40.5 Å². The van der Waals surface area contributed by atoms with Crippen LogP contribution in [0.3, 0.4) is 0 Å². The average Bonchev–Trinajstić information content (AvgIpc) is 2.38. The third kappa shape index (κ3) is 3.24. The number of nitrogens with zero attached hydrogens (tertiary/aromatic N) is 2.